The number of carbonyl (C=O) groups excluding carboxylic acids is 1. The molecule has 1 unspecified atom stereocenters. The summed E-state index contributed by atoms with van der Waals surface area (Å²) in [6.07, 6.45) is 0.883. The first-order valence-electron chi connectivity index (χ1n) is 6.73. The summed E-state index contributed by atoms with van der Waals surface area (Å²) in [6, 6.07) is 0. The second kappa shape index (κ2) is 8.74. The van der Waals surface area contributed by atoms with Crippen molar-refractivity contribution >= 4 is 5.91 Å². The van der Waals surface area contributed by atoms with Crippen LogP contribution in [0, 0.1) is 5.92 Å². The number of likely N-dealkylation sites (tertiary alicyclic amines) is 1. The Labute approximate surface area is 113 Å². The van der Waals surface area contributed by atoms with Gasteiger partial charge >= 0.3 is 0 Å². The highest BCUT2D eigenvalue weighted by molar-refractivity contribution is 5.78. The molecule has 108 valence electrons. The summed E-state index contributed by atoms with van der Waals surface area (Å²) in [5.74, 6) is 0.255. The van der Waals surface area contributed by atoms with Gasteiger partial charge in [-0.05, 0) is 25.3 Å². The number of rotatable bonds is 9. The smallest absolute Gasteiger partial charge is 0.222 e. The van der Waals surface area contributed by atoms with E-state index in [4.69, 9.17) is 15.0 Å². The van der Waals surface area contributed by atoms with Crippen molar-refractivity contribution in [1.29, 1.82) is 0 Å². The zero-order valence-corrected chi connectivity index (χ0v) is 11.6. The molecule has 0 saturated carbocycles. The first-order chi connectivity index (χ1) is 9.21. The van der Waals surface area contributed by atoms with E-state index in [2.05, 4.69) is 10.0 Å². The summed E-state index contributed by atoms with van der Waals surface area (Å²) in [6.45, 7) is 6.69. The third-order valence-electron chi connectivity index (χ3n) is 3.04. The average molecular weight is 270 g/mol. The third-order valence-corrected chi connectivity index (χ3v) is 3.04. The highest BCUT2D eigenvalue weighted by atomic mass is 16.7. The normalized spacial score (nSPS) is 19.0. The van der Waals surface area contributed by atoms with Gasteiger partial charge in [-0.25, -0.2) is 0 Å². The fourth-order valence-corrected chi connectivity index (χ4v) is 2.19. The van der Waals surface area contributed by atoms with Crippen LogP contribution < -0.4 is 0 Å². The lowest BCUT2D eigenvalue weighted by molar-refractivity contribution is -0.144. The fourth-order valence-electron chi connectivity index (χ4n) is 2.19. The van der Waals surface area contributed by atoms with Crippen LogP contribution in [0.2, 0.25) is 0 Å². The van der Waals surface area contributed by atoms with Crippen LogP contribution >= 0.6 is 0 Å². The first kappa shape index (κ1) is 15.8. The van der Waals surface area contributed by atoms with Gasteiger partial charge in [0.05, 0.1) is 0 Å². The van der Waals surface area contributed by atoms with Gasteiger partial charge < -0.3 is 14.4 Å². The van der Waals surface area contributed by atoms with Crippen molar-refractivity contribution in [1.82, 2.24) is 4.90 Å². The lowest BCUT2D eigenvalue weighted by atomic mass is 10.1. The minimum atomic E-state index is -0.251. The quantitative estimate of drug-likeness (QED) is 0.277. The molecular weight excluding hydrogens is 248 g/mol. The second-order valence-corrected chi connectivity index (χ2v) is 4.45. The number of ether oxygens (including phenoxy) is 2. The molecule has 1 aliphatic heterocycles. The van der Waals surface area contributed by atoms with Crippen molar-refractivity contribution in [3.8, 4) is 0 Å². The van der Waals surface area contributed by atoms with Crippen LogP contribution in [0.5, 0.6) is 0 Å². The van der Waals surface area contributed by atoms with E-state index in [-0.39, 0.29) is 18.1 Å². The molecule has 7 nitrogen and oxygen atoms in total. The summed E-state index contributed by atoms with van der Waals surface area (Å²) < 4.78 is 10.9. The van der Waals surface area contributed by atoms with Crippen LogP contribution in [-0.4, -0.2) is 49.9 Å². The minimum Gasteiger partial charge on any atom is -0.353 e. The van der Waals surface area contributed by atoms with Crippen LogP contribution in [-0.2, 0) is 14.3 Å². The number of carbonyl (C=O) groups is 1. The molecule has 1 rings (SSSR count). The molecule has 19 heavy (non-hydrogen) atoms. The predicted molar refractivity (Wildman–Crippen MR) is 70.4 cm³/mol. The molecule has 1 fully saturated rings. The zero-order valence-electron chi connectivity index (χ0n) is 11.6. The molecule has 0 N–H and O–H groups in total. The number of amides is 1. The molecule has 0 spiro atoms. The van der Waals surface area contributed by atoms with Crippen molar-refractivity contribution in [2.24, 2.45) is 11.0 Å². The maximum Gasteiger partial charge on any atom is 0.222 e. The standard InChI is InChI=1S/C12H22N4O3/c1-3-18-12(19-4-2)5-6-16-9-10(7-11(16)17)8-14-15-13/h10,12H,3-9H2,1-2H3. The van der Waals surface area contributed by atoms with Gasteiger partial charge in [0.15, 0.2) is 6.29 Å². The van der Waals surface area contributed by atoms with Crippen LogP contribution in [0.4, 0.5) is 0 Å². The second-order valence-electron chi connectivity index (χ2n) is 4.45. The van der Waals surface area contributed by atoms with E-state index in [1.54, 1.807) is 4.90 Å². The topological polar surface area (TPSA) is 87.5 Å². The third kappa shape index (κ3) is 5.46. The maximum atomic E-state index is 11.8. The molecule has 1 atom stereocenters. The van der Waals surface area contributed by atoms with E-state index >= 15 is 0 Å². The largest absolute Gasteiger partial charge is 0.353 e. The fraction of sp³-hybridized carbons (Fsp3) is 0.917. The number of nitrogens with zero attached hydrogens (tertiary/aromatic N) is 4. The molecule has 0 radical (unpaired) electrons. The van der Waals surface area contributed by atoms with Crippen LogP contribution in [0.1, 0.15) is 26.7 Å². The molecule has 0 aliphatic carbocycles. The molecule has 1 heterocycles. The lowest BCUT2D eigenvalue weighted by Crippen LogP contribution is -2.30. The summed E-state index contributed by atoms with van der Waals surface area (Å²) >= 11 is 0. The highest BCUT2D eigenvalue weighted by Gasteiger charge is 2.29. The van der Waals surface area contributed by atoms with Crippen LogP contribution in [0.15, 0.2) is 5.11 Å². The Kier molecular flexibility index (Phi) is 7.25. The Morgan fingerprint density at radius 1 is 1.47 bits per heavy atom. The Morgan fingerprint density at radius 3 is 2.74 bits per heavy atom. The van der Waals surface area contributed by atoms with Crippen LogP contribution in [0.3, 0.4) is 0 Å². The molecule has 0 bridgehead atoms. The molecule has 0 aromatic heterocycles. The Morgan fingerprint density at radius 2 is 2.16 bits per heavy atom. The van der Waals surface area contributed by atoms with Gasteiger partial charge in [-0.3, -0.25) is 4.79 Å². The number of azide groups is 1. The van der Waals surface area contributed by atoms with E-state index in [1.165, 1.54) is 0 Å². The molecular formula is C12H22N4O3. The van der Waals surface area contributed by atoms with Gasteiger partial charge in [-0.1, -0.05) is 5.11 Å². The highest BCUT2D eigenvalue weighted by Crippen LogP contribution is 2.19. The summed E-state index contributed by atoms with van der Waals surface area (Å²) in [5, 5.41) is 3.53. The van der Waals surface area contributed by atoms with Gasteiger partial charge in [0.25, 0.3) is 0 Å². The van der Waals surface area contributed by atoms with Crippen molar-refractivity contribution < 1.29 is 14.3 Å². The molecule has 1 amide bonds. The minimum absolute atomic E-state index is 0.116. The van der Waals surface area contributed by atoms with E-state index in [0.29, 0.717) is 45.7 Å². The van der Waals surface area contributed by atoms with Gasteiger partial charge in [0.1, 0.15) is 0 Å². The molecule has 1 saturated heterocycles. The average Bonchev–Trinajstić information content (AvgIpc) is 2.75. The van der Waals surface area contributed by atoms with E-state index in [1.807, 2.05) is 13.8 Å². The first-order valence-corrected chi connectivity index (χ1v) is 6.73. The lowest BCUT2D eigenvalue weighted by Gasteiger charge is -2.21. The number of hydrogen-bond donors (Lipinski definition) is 0. The van der Waals surface area contributed by atoms with Gasteiger partial charge in [-0.2, -0.15) is 0 Å². The van der Waals surface area contributed by atoms with Gasteiger partial charge in [0, 0.05) is 50.6 Å². The van der Waals surface area contributed by atoms with E-state index in [0.717, 1.165) is 0 Å². The zero-order chi connectivity index (χ0) is 14.1. The maximum absolute atomic E-state index is 11.8. The van der Waals surface area contributed by atoms with Gasteiger partial charge in [-0.15, -0.1) is 0 Å². The van der Waals surface area contributed by atoms with E-state index in [9.17, 15) is 4.79 Å². The SMILES string of the molecule is CCOC(CCN1CC(CN=[N+]=[N-])CC1=O)OCC. The Hall–Kier alpha value is -1.30. The number of hydrogen-bond acceptors (Lipinski definition) is 4. The summed E-state index contributed by atoms with van der Waals surface area (Å²) in [5.41, 5.74) is 8.28. The van der Waals surface area contributed by atoms with Crippen molar-refractivity contribution in [2.45, 2.75) is 33.0 Å². The molecule has 0 aromatic carbocycles. The predicted octanol–water partition coefficient (Wildman–Crippen LogP) is 1.93. The summed E-state index contributed by atoms with van der Waals surface area (Å²) in [4.78, 5) is 16.3. The summed E-state index contributed by atoms with van der Waals surface area (Å²) in [7, 11) is 0. The van der Waals surface area contributed by atoms with Crippen molar-refractivity contribution in [3.63, 3.8) is 0 Å². The Balaban J connectivity index is 2.35. The molecule has 0 aromatic rings. The molecule has 1 aliphatic rings. The molecule has 7 heteroatoms. The van der Waals surface area contributed by atoms with Gasteiger partial charge in [0.2, 0.25) is 5.91 Å². The monoisotopic (exact) mass is 270 g/mol. The van der Waals surface area contributed by atoms with Crippen LogP contribution in [0.25, 0.3) is 10.4 Å². The Bertz CT molecular complexity index is 325. The van der Waals surface area contributed by atoms with Crippen molar-refractivity contribution in [3.05, 3.63) is 10.4 Å². The van der Waals surface area contributed by atoms with E-state index < -0.39 is 0 Å². The van der Waals surface area contributed by atoms with Crippen molar-refractivity contribution in [2.75, 3.05) is 32.8 Å².